The summed E-state index contributed by atoms with van der Waals surface area (Å²) in [7, 11) is 0. The molecule has 0 saturated heterocycles. The van der Waals surface area contributed by atoms with Crippen molar-refractivity contribution in [3.8, 4) is 0 Å². The van der Waals surface area contributed by atoms with Gasteiger partial charge in [-0.2, -0.15) is 0 Å². The molecule has 6 heteroatoms. The first-order chi connectivity index (χ1) is 15.1. The number of hydrogen-bond donors (Lipinski definition) is 1. The van der Waals surface area contributed by atoms with Gasteiger partial charge in [-0.25, -0.2) is 0 Å². The molecule has 0 aliphatic carbocycles. The molecule has 3 aromatic rings. The van der Waals surface area contributed by atoms with E-state index in [1.54, 1.807) is 0 Å². The molecule has 0 saturated carbocycles. The van der Waals surface area contributed by atoms with Crippen molar-refractivity contribution in [2.24, 2.45) is 0 Å². The summed E-state index contributed by atoms with van der Waals surface area (Å²) >= 11 is 0. The van der Waals surface area contributed by atoms with Gasteiger partial charge in [0.05, 0.1) is 6.04 Å². The van der Waals surface area contributed by atoms with Crippen molar-refractivity contribution in [1.29, 1.82) is 0 Å². The molecule has 1 N–H and O–H groups in total. The second-order valence-corrected chi connectivity index (χ2v) is 8.35. The number of aromatic nitrogens is 3. The third-order valence-electron chi connectivity index (χ3n) is 6.05. The summed E-state index contributed by atoms with van der Waals surface area (Å²) in [4.78, 5) is 14.9. The lowest BCUT2D eigenvalue weighted by molar-refractivity contribution is -0.121. The highest BCUT2D eigenvalue weighted by Gasteiger charge is 2.23. The highest BCUT2D eigenvalue weighted by molar-refractivity contribution is 5.76. The van der Waals surface area contributed by atoms with Gasteiger partial charge in [-0.15, -0.1) is 10.2 Å². The molecule has 2 aromatic carbocycles. The molecule has 0 fully saturated rings. The zero-order valence-electron chi connectivity index (χ0n) is 18.4. The standard InChI is InChI=1S/C25H31N5O/c1-19-8-6-7-11-22(19)18-29-15-14-23-27-28-25(30(23)17-16-29)20(2)26-24(31)13-12-21-9-4-3-5-10-21/h3-11,20H,12-18H2,1-2H3,(H,26,31)/t20-/m0/s1. The minimum absolute atomic E-state index is 0.0449. The van der Waals surface area contributed by atoms with E-state index in [1.165, 1.54) is 16.7 Å². The summed E-state index contributed by atoms with van der Waals surface area (Å²) in [5, 5.41) is 12.0. The predicted molar refractivity (Wildman–Crippen MR) is 122 cm³/mol. The maximum atomic E-state index is 12.5. The van der Waals surface area contributed by atoms with Gasteiger partial charge >= 0.3 is 0 Å². The van der Waals surface area contributed by atoms with E-state index in [9.17, 15) is 4.79 Å². The maximum absolute atomic E-state index is 12.5. The molecule has 162 valence electrons. The number of rotatable bonds is 7. The molecule has 1 amide bonds. The van der Waals surface area contributed by atoms with Gasteiger partial charge in [0.25, 0.3) is 0 Å². The van der Waals surface area contributed by atoms with E-state index in [0.717, 1.165) is 50.7 Å². The summed E-state index contributed by atoms with van der Waals surface area (Å²) in [5.74, 6) is 1.90. The number of hydrogen-bond acceptors (Lipinski definition) is 4. The minimum Gasteiger partial charge on any atom is -0.346 e. The van der Waals surface area contributed by atoms with Crippen LogP contribution in [0.1, 0.15) is 47.7 Å². The summed E-state index contributed by atoms with van der Waals surface area (Å²) in [5.41, 5.74) is 3.88. The van der Waals surface area contributed by atoms with E-state index in [-0.39, 0.29) is 11.9 Å². The van der Waals surface area contributed by atoms with Gasteiger partial charge in [0, 0.05) is 39.0 Å². The third kappa shape index (κ3) is 5.39. The second kappa shape index (κ2) is 9.88. The van der Waals surface area contributed by atoms with E-state index in [1.807, 2.05) is 25.1 Å². The summed E-state index contributed by atoms with van der Waals surface area (Å²) in [6.45, 7) is 7.86. The number of amides is 1. The zero-order valence-corrected chi connectivity index (χ0v) is 18.4. The monoisotopic (exact) mass is 417 g/mol. The molecule has 0 bridgehead atoms. The molecular weight excluding hydrogens is 386 g/mol. The Balaban J connectivity index is 1.34. The average molecular weight is 418 g/mol. The SMILES string of the molecule is Cc1ccccc1CN1CCc2nnc([C@H](C)NC(=O)CCc3ccccc3)n2CC1. The molecule has 0 spiro atoms. The molecule has 2 heterocycles. The first-order valence-corrected chi connectivity index (χ1v) is 11.1. The van der Waals surface area contributed by atoms with Crippen LogP contribution in [0.25, 0.3) is 0 Å². The first-order valence-electron chi connectivity index (χ1n) is 11.1. The van der Waals surface area contributed by atoms with Gasteiger partial charge in [-0.05, 0) is 37.0 Å². The Bertz CT molecular complexity index is 1010. The third-order valence-corrected chi connectivity index (χ3v) is 6.05. The van der Waals surface area contributed by atoms with Crippen LogP contribution in [0.5, 0.6) is 0 Å². The van der Waals surface area contributed by atoms with E-state index in [4.69, 9.17) is 0 Å². The van der Waals surface area contributed by atoms with Crippen LogP contribution in [0.4, 0.5) is 0 Å². The van der Waals surface area contributed by atoms with Gasteiger partial charge in [0.1, 0.15) is 5.82 Å². The van der Waals surface area contributed by atoms with Crippen molar-refractivity contribution in [1.82, 2.24) is 25.0 Å². The maximum Gasteiger partial charge on any atom is 0.220 e. The van der Waals surface area contributed by atoms with Gasteiger partial charge in [-0.1, -0.05) is 54.6 Å². The first kappa shape index (κ1) is 21.2. The predicted octanol–water partition coefficient (Wildman–Crippen LogP) is 3.45. The number of carbonyl (C=O) groups excluding carboxylic acids is 1. The van der Waals surface area contributed by atoms with Crippen molar-refractivity contribution >= 4 is 5.91 Å². The quantitative estimate of drug-likeness (QED) is 0.640. The number of nitrogens with one attached hydrogen (secondary N) is 1. The minimum atomic E-state index is -0.160. The number of carbonyl (C=O) groups is 1. The van der Waals surface area contributed by atoms with E-state index in [2.05, 4.69) is 68.3 Å². The largest absolute Gasteiger partial charge is 0.346 e. The molecule has 1 aromatic heterocycles. The summed E-state index contributed by atoms with van der Waals surface area (Å²) in [6.07, 6.45) is 2.08. The zero-order chi connectivity index (χ0) is 21.6. The van der Waals surface area contributed by atoms with Crippen molar-refractivity contribution in [2.75, 3.05) is 13.1 Å². The Hall–Kier alpha value is -2.99. The molecule has 31 heavy (non-hydrogen) atoms. The lowest BCUT2D eigenvalue weighted by Gasteiger charge is -2.21. The molecule has 6 nitrogen and oxygen atoms in total. The van der Waals surface area contributed by atoms with Crippen molar-refractivity contribution in [2.45, 2.75) is 52.2 Å². The Morgan fingerprint density at radius 1 is 1.03 bits per heavy atom. The molecule has 0 radical (unpaired) electrons. The number of nitrogens with zero attached hydrogens (tertiary/aromatic N) is 4. The lowest BCUT2D eigenvalue weighted by Crippen LogP contribution is -2.30. The van der Waals surface area contributed by atoms with Crippen molar-refractivity contribution in [3.05, 3.63) is 82.9 Å². The molecule has 1 aliphatic rings. The lowest BCUT2D eigenvalue weighted by atomic mass is 10.1. The fourth-order valence-corrected chi connectivity index (χ4v) is 4.18. The van der Waals surface area contributed by atoms with Crippen LogP contribution in [-0.2, 0) is 30.7 Å². The van der Waals surface area contributed by atoms with Crippen LogP contribution < -0.4 is 5.32 Å². The Morgan fingerprint density at radius 3 is 2.61 bits per heavy atom. The van der Waals surface area contributed by atoms with Gasteiger partial charge < -0.3 is 9.88 Å². The van der Waals surface area contributed by atoms with E-state index in [0.29, 0.717) is 6.42 Å². The van der Waals surface area contributed by atoms with Crippen molar-refractivity contribution < 1.29 is 4.79 Å². The highest BCUT2D eigenvalue weighted by Crippen LogP contribution is 2.18. The normalized spacial score (nSPS) is 15.2. The van der Waals surface area contributed by atoms with Crippen LogP contribution in [0, 0.1) is 6.92 Å². The van der Waals surface area contributed by atoms with Gasteiger partial charge in [0.2, 0.25) is 5.91 Å². The van der Waals surface area contributed by atoms with E-state index < -0.39 is 0 Å². The highest BCUT2D eigenvalue weighted by atomic mass is 16.1. The van der Waals surface area contributed by atoms with E-state index >= 15 is 0 Å². The summed E-state index contributed by atoms with van der Waals surface area (Å²) in [6, 6.07) is 18.5. The second-order valence-electron chi connectivity index (χ2n) is 8.35. The van der Waals surface area contributed by atoms with Crippen LogP contribution in [0.2, 0.25) is 0 Å². The molecule has 0 unspecified atom stereocenters. The van der Waals surface area contributed by atoms with Gasteiger partial charge in [-0.3, -0.25) is 9.69 Å². The van der Waals surface area contributed by atoms with Crippen LogP contribution in [0.3, 0.4) is 0 Å². The molecule has 1 atom stereocenters. The topological polar surface area (TPSA) is 63.1 Å². The number of fused-ring (bicyclic) bond motifs is 1. The fourth-order valence-electron chi connectivity index (χ4n) is 4.18. The Morgan fingerprint density at radius 2 is 1.81 bits per heavy atom. The Labute approximate surface area is 184 Å². The smallest absolute Gasteiger partial charge is 0.220 e. The van der Waals surface area contributed by atoms with Crippen LogP contribution in [-0.4, -0.2) is 38.7 Å². The van der Waals surface area contributed by atoms with Crippen LogP contribution >= 0.6 is 0 Å². The van der Waals surface area contributed by atoms with Crippen molar-refractivity contribution in [3.63, 3.8) is 0 Å². The number of benzene rings is 2. The average Bonchev–Trinajstić information content (AvgIpc) is 3.09. The number of aryl methyl sites for hydroxylation is 2. The Kier molecular flexibility index (Phi) is 6.77. The fraction of sp³-hybridized carbons (Fsp3) is 0.400. The van der Waals surface area contributed by atoms with Crippen LogP contribution in [0.15, 0.2) is 54.6 Å². The van der Waals surface area contributed by atoms with Gasteiger partial charge in [0.15, 0.2) is 5.82 Å². The molecular formula is C25H31N5O. The molecule has 1 aliphatic heterocycles. The molecule has 4 rings (SSSR count). The summed E-state index contributed by atoms with van der Waals surface area (Å²) < 4.78 is 2.19.